The highest BCUT2D eigenvalue weighted by molar-refractivity contribution is 6.32. The Morgan fingerprint density at radius 1 is 1.21 bits per heavy atom. The van der Waals surface area contributed by atoms with E-state index in [1.165, 1.54) is 6.92 Å². The second-order valence-corrected chi connectivity index (χ2v) is 6.35. The van der Waals surface area contributed by atoms with Crippen molar-refractivity contribution >= 4 is 28.7 Å². The number of para-hydroxylation sites is 1. The number of nitrogens with one attached hydrogen (secondary N) is 1. The molecule has 0 radical (unpaired) electrons. The van der Waals surface area contributed by atoms with Gasteiger partial charge in [0.05, 0.1) is 21.9 Å². The van der Waals surface area contributed by atoms with E-state index in [-0.39, 0.29) is 16.4 Å². The third-order valence-corrected chi connectivity index (χ3v) is 4.28. The van der Waals surface area contributed by atoms with Crippen LogP contribution in [0.5, 0.6) is 0 Å². The maximum atomic E-state index is 13.7. The molecule has 0 amide bonds. The van der Waals surface area contributed by atoms with Crippen molar-refractivity contribution in [3.05, 3.63) is 85.3 Å². The Labute approximate surface area is 166 Å². The van der Waals surface area contributed by atoms with Crippen LogP contribution in [0.25, 0.3) is 5.69 Å². The van der Waals surface area contributed by atoms with Gasteiger partial charge in [0, 0.05) is 11.8 Å². The number of hydrogen-bond donors (Lipinski definition) is 1. The Morgan fingerprint density at radius 2 is 1.86 bits per heavy atom. The molecule has 29 heavy (non-hydrogen) atoms. The van der Waals surface area contributed by atoms with Crippen molar-refractivity contribution in [3.63, 3.8) is 0 Å². The zero-order valence-electron chi connectivity index (χ0n) is 14.7. The molecule has 2 aromatic carbocycles. The van der Waals surface area contributed by atoms with E-state index in [1.54, 1.807) is 30.3 Å². The van der Waals surface area contributed by atoms with Crippen LogP contribution in [-0.4, -0.2) is 26.6 Å². The molecule has 7 nitrogen and oxygen atoms in total. The largest absolute Gasteiger partial charge is 0.434 e. The van der Waals surface area contributed by atoms with Crippen molar-refractivity contribution in [1.29, 1.82) is 0 Å². The summed E-state index contributed by atoms with van der Waals surface area (Å²) in [6, 6.07) is 11.0. The summed E-state index contributed by atoms with van der Waals surface area (Å²) < 4.78 is 42.2. The molecule has 0 bridgehead atoms. The van der Waals surface area contributed by atoms with E-state index in [4.69, 9.17) is 11.6 Å². The Kier molecular flexibility index (Phi) is 5.29. The van der Waals surface area contributed by atoms with Gasteiger partial charge in [-0.3, -0.25) is 20.0 Å². The first kappa shape index (κ1) is 20.3. The minimum atomic E-state index is -4.99. The average Bonchev–Trinajstić information content (AvgIpc) is 2.95. The zero-order valence-corrected chi connectivity index (χ0v) is 15.5. The monoisotopic (exact) mass is 424 g/mol. The van der Waals surface area contributed by atoms with Crippen LogP contribution in [0.3, 0.4) is 0 Å². The van der Waals surface area contributed by atoms with Gasteiger partial charge in [0.15, 0.2) is 5.71 Å². The van der Waals surface area contributed by atoms with Gasteiger partial charge in [-0.2, -0.15) is 13.2 Å². The van der Waals surface area contributed by atoms with Crippen molar-refractivity contribution in [2.24, 2.45) is 4.99 Å². The van der Waals surface area contributed by atoms with E-state index in [0.717, 1.165) is 22.9 Å². The molecule has 0 saturated heterocycles. The highest BCUT2D eigenvalue weighted by atomic mass is 35.5. The number of aryl methyl sites for hydroxylation is 1. The van der Waals surface area contributed by atoms with Gasteiger partial charge in [0.2, 0.25) is 0 Å². The number of H-pyrrole nitrogens is 1. The van der Waals surface area contributed by atoms with Crippen molar-refractivity contribution in [2.75, 3.05) is 0 Å². The van der Waals surface area contributed by atoms with Gasteiger partial charge >= 0.3 is 6.18 Å². The molecular formula is C18H12ClF3N4O3. The van der Waals surface area contributed by atoms with Crippen LogP contribution in [0.1, 0.15) is 11.3 Å². The molecule has 0 aliphatic heterocycles. The summed E-state index contributed by atoms with van der Waals surface area (Å²) in [5.41, 5.74) is -3.77. The van der Waals surface area contributed by atoms with Gasteiger partial charge in [-0.1, -0.05) is 29.8 Å². The van der Waals surface area contributed by atoms with E-state index < -0.39 is 33.6 Å². The van der Waals surface area contributed by atoms with Gasteiger partial charge in [-0.05, 0) is 31.2 Å². The predicted molar refractivity (Wildman–Crippen MR) is 101 cm³/mol. The molecule has 0 saturated carbocycles. The van der Waals surface area contributed by atoms with Gasteiger partial charge in [0.1, 0.15) is 5.02 Å². The quantitative estimate of drug-likeness (QED) is 0.373. The molecule has 0 spiro atoms. The second kappa shape index (κ2) is 7.55. The molecular weight excluding hydrogens is 413 g/mol. The standard InChI is InChI=1S/C18H12ClF3N4O3/c1-10-15(17(27)25(24-10)12-5-3-2-4-6-12)16(18(20,21)22)23-11-7-8-13(19)14(9-11)26(28)29/h2-9,24H,1H3. The van der Waals surface area contributed by atoms with Crippen LogP contribution >= 0.6 is 11.6 Å². The first-order chi connectivity index (χ1) is 13.6. The van der Waals surface area contributed by atoms with Gasteiger partial charge < -0.3 is 0 Å². The Bertz CT molecular complexity index is 1170. The lowest BCUT2D eigenvalue weighted by molar-refractivity contribution is -0.384. The van der Waals surface area contributed by atoms with Gasteiger partial charge in [-0.15, -0.1) is 0 Å². The number of rotatable bonds is 4. The number of alkyl halides is 3. The summed E-state index contributed by atoms with van der Waals surface area (Å²) in [6.07, 6.45) is -4.99. The second-order valence-electron chi connectivity index (χ2n) is 5.94. The highest BCUT2D eigenvalue weighted by Crippen LogP contribution is 2.31. The maximum absolute atomic E-state index is 13.7. The molecule has 0 aliphatic rings. The third-order valence-electron chi connectivity index (χ3n) is 3.96. The molecule has 0 unspecified atom stereocenters. The summed E-state index contributed by atoms with van der Waals surface area (Å²) in [4.78, 5) is 26.4. The van der Waals surface area contributed by atoms with Gasteiger partial charge in [-0.25, -0.2) is 9.67 Å². The number of benzene rings is 2. The molecule has 11 heteroatoms. The molecule has 1 heterocycles. The molecule has 150 valence electrons. The number of aliphatic imine (C=N–C) groups is 1. The topological polar surface area (TPSA) is 93.3 Å². The Morgan fingerprint density at radius 3 is 2.45 bits per heavy atom. The van der Waals surface area contributed by atoms with Crippen LogP contribution in [-0.2, 0) is 0 Å². The summed E-state index contributed by atoms with van der Waals surface area (Å²) in [5, 5.41) is 13.3. The number of nitro benzene ring substituents is 1. The Hall–Kier alpha value is -3.40. The van der Waals surface area contributed by atoms with Crippen LogP contribution in [0.2, 0.25) is 5.02 Å². The fourth-order valence-electron chi connectivity index (χ4n) is 2.68. The normalized spacial score (nSPS) is 12.2. The summed E-state index contributed by atoms with van der Waals surface area (Å²) >= 11 is 5.69. The predicted octanol–water partition coefficient (Wildman–Crippen LogP) is 4.72. The zero-order chi connectivity index (χ0) is 21.3. The number of aromatic nitrogens is 2. The summed E-state index contributed by atoms with van der Waals surface area (Å²) in [7, 11) is 0. The van der Waals surface area contributed by atoms with E-state index in [0.29, 0.717) is 5.69 Å². The molecule has 3 aromatic rings. The van der Waals surface area contributed by atoms with Crippen molar-refractivity contribution in [3.8, 4) is 5.69 Å². The van der Waals surface area contributed by atoms with E-state index in [1.807, 2.05) is 0 Å². The first-order valence-corrected chi connectivity index (χ1v) is 8.44. The lowest BCUT2D eigenvalue weighted by Gasteiger charge is -2.09. The first-order valence-electron chi connectivity index (χ1n) is 8.07. The molecule has 0 fully saturated rings. The lowest BCUT2D eigenvalue weighted by atomic mass is 10.1. The molecule has 1 aromatic heterocycles. The fourth-order valence-corrected chi connectivity index (χ4v) is 2.87. The smallest absolute Gasteiger partial charge is 0.295 e. The molecule has 1 N–H and O–H groups in total. The third kappa shape index (κ3) is 4.06. The fraction of sp³-hybridized carbons (Fsp3) is 0.111. The van der Waals surface area contributed by atoms with Crippen molar-refractivity contribution < 1.29 is 18.1 Å². The number of hydrogen-bond acceptors (Lipinski definition) is 4. The molecule has 3 rings (SSSR count). The van der Waals surface area contributed by atoms with Gasteiger partial charge in [0.25, 0.3) is 11.2 Å². The van der Waals surface area contributed by atoms with E-state index >= 15 is 0 Å². The van der Waals surface area contributed by atoms with E-state index in [2.05, 4.69) is 10.1 Å². The van der Waals surface area contributed by atoms with Crippen LogP contribution < -0.4 is 5.56 Å². The number of nitro groups is 1. The number of aromatic amines is 1. The highest BCUT2D eigenvalue weighted by Gasteiger charge is 2.40. The minimum Gasteiger partial charge on any atom is -0.295 e. The summed E-state index contributed by atoms with van der Waals surface area (Å²) in [6.45, 7) is 1.31. The number of halogens is 4. The van der Waals surface area contributed by atoms with Crippen molar-refractivity contribution in [2.45, 2.75) is 13.1 Å². The average molecular weight is 425 g/mol. The van der Waals surface area contributed by atoms with Crippen LogP contribution in [0.4, 0.5) is 24.5 Å². The van der Waals surface area contributed by atoms with Crippen LogP contribution in [0.15, 0.2) is 58.3 Å². The van der Waals surface area contributed by atoms with E-state index in [9.17, 15) is 28.1 Å². The number of nitrogens with zero attached hydrogens (tertiary/aromatic N) is 3. The maximum Gasteiger partial charge on any atom is 0.434 e. The minimum absolute atomic E-state index is 0.0570. The molecule has 0 atom stereocenters. The SMILES string of the molecule is Cc1[nH]n(-c2ccccc2)c(=O)c1C(=Nc1ccc(Cl)c([N+](=O)[O-])c1)C(F)(F)F. The lowest BCUT2D eigenvalue weighted by Crippen LogP contribution is -2.30. The Balaban J connectivity index is 2.21. The molecule has 0 aliphatic carbocycles. The van der Waals surface area contributed by atoms with Crippen molar-refractivity contribution in [1.82, 2.24) is 9.78 Å². The summed E-state index contributed by atoms with van der Waals surface area (Å²) in [5.74, 6) is 0. The van der Waals surface area contributed by atoms with Crippen LogP contribution in [0, 0.1) is 17.0 Å².